The van der Waals surface area contributed by atoms with Crippen molar-refractivity contribution in [2.45, 2.75) is 66.6 Å². The van der Waals surface area contributed by atoms with Crippen LogP contribution in [-0.2, 0) is 26.3 Å². The lowest BCUT2D eigenvalue weighted by Crippen LogP contribution is -2.54. The van der Waals surface area contributed by atoms with Gasteiger partial charge in [-0.2, -0.15) is 12.7 Å². The maximum Gasteiger partial charge on any atom is 0.304 e. The first-order valence-electron chi connectivity index (χ1n) is 12.2. The normalized spacial score (nSPS) is 12.5. The largest absolute Gasteiger partial charge is 0.352 e. The molecule has 0 aliphatic carbocycles. The molecule has 0 heterocycles. The van der Waals surface area contributed by atoms with Gasteiger partial charge in [0.15, 0.2) is 0 Å². The molecule has 2 aromatic rings. The predicted octanol–water partition coefficient (Wildman–Crippen LogP) is 3.56. The van der Waals surface area contributed by atoms with Crippen LogP contribution < -0.4 is 9.62 Å². The second-order valence-electron chi connectivity index (χ2n) is 9.68. The lowest BCUT2D eigenvalue weighted by molar-refractivity contribution is -0.140. The van der Waals surface area contributed by atoms with Crippen LogP contribution in [0.25, 0.3) is 0 Å². The molecule has 198 valence electrons. The Morgan fingerprint density at radius 1 is 0.972 bits per heavy atom. The van der Waals surface area contributed by atoms with Gasteiger partial charge in [-0.1, -0.05) is 48.9 Å². The second-order valence-corrected chi connectivity index (χ2v) is 11.8. The first-order chi connectivity index (χ1) is 16.8. The minimum Gasteiger partial charge on any atom is -0.352 e. The fraction of sp³-hybridized carbons (Fsp3) is 0.481. The van der Waals surface area contributed by atoms with Crippen molar-refractivity contribution in [2.24, 2.45) is 0 Å². The van der Waals surface area contributed by atoms with E-state index >= 15 is 0 Å². The van der Waals surface area contributed by atoms with Crippen LogP contribution in [0.15, 0.2) is 42.5 Å². The summed E-state index contributed by atoms with van der Waals surface area (Å²) in [5, 5.41) is 2.90. The third kappa shape index (κ3) is 7.30. The molecule has 1 unspecified atom stereocenters. The summed E-state index contributed by atoms with van der Waals surface area (Å²) in [7, 11) is -1.12. The Bertz CT molecular complexity index is 1180. The van der Waals surface area contributed by atoms with Crippen molar-refractivity contribution in [1.29, 1.82) is 0 Å². The van der Waals surface area contributed by atoms with Crippen molar-refractivity contribution in [3.63, 3.8) is 0 Å². The van der Waals surface area contributed by atoms with E-state index in [0.717, 1.165) is 30.9 Å². The standard InChI is InChI=1S/C27H40N4O4S/c1-9-24(27(33)28-19(2)3)30(17-23-12-10-11-20(4)15-23)26(32)18-31(36(34,35)29(7)8)25-16-21(5)13-14-22(25)6/h10-16,19,24H,9,17-18H2,1-8H3,(H,28,33). The van der Waals surface area contributed by atoms with Crippen molar-refractivity contribution < 1.29 is 18.0 Å². The maximum absolute atomic E-state index is 13.9. The van der Waals surface area contributed by atoms with E-state index in [2.05, 4.69) is 5.32 Å². The number of amides is 2. The first kappa shape index (κ1) is 29.3. The van der Waals surface area contributed by atoms with Gasteiger partial charge >= 0.3 is 10.2 Å². The van der Waals surface area contributed by atoms with Crippen molar-refractivity contribution in [2.75, 3.05) is 24.9 Å². The van der Waals surface area contributed by atoms with Crippen LogP contribution in [0.4, 0.5) is 5.69 Å². The quantitative estimate of drug-likeness (QED) is 0.495. The van der Waals surface area contributed by atoms with Gasteiger partial charge < -0.3 is 10.2 Å². The molecule has 0 saturated carbocycles. The van der Waals surface area contributed by atoms with E-state index < -0.39 is 28.7 Å². The summed E-state index contributed by atoms with van der Waals surface area (Å²) in [4.78, 5) is 28.5. The summed E-state index contributed by atoms with van der Waals surface area (Å²) < 4.78 is 29.0. The molecular formula is C27H40N4O4S. The number of nitrogens with zero attached hydrogens (tertiary/aromatic N) is 3. The smallest absolute Gasteiger partial charge is 0.304 e. The Morgan fingerprint density at radius 3 is 2.17 bits per heavy atom. The summed E-state index contributed by atoms with van der Waals surface area (Å²) in [6, 6.07) is 12.4. The average Bonchev–Trinajstić information content (AvgIpc) is 2.78. The van der Waals surface area contributed by atoms with E-state index in [-0.39, 0.29) is 18.5 Å². The Kier molecular flexibility index (Phi) is 10.1. The van der Waals surface area contributed by atoms with E-state index in [0.29, 0.717) is 12.1 Å². The highest BCUT2D eigenvalue weighted by Gasteiger charge is 2.34. The molecule has 0 radical (unpaired) electrons. The molecule has 36 heavy (non-hydrogen) atoms. The zero-order valence-electron chi connectivity index (χ0n) is 22.7. The fourth-order valence-corrected chi connectivity index (χ4v) is 5.11. The summed E-state index contributed by atoms with van der Waals surface area (Å²) in [5.41, 5.74) is 3.95. The molecule has 0 bridgehead atoms. The minimum absolute atomic E-state index is 0.0944. The van der Waals surface area contributed by atoms with Gasteiger partial charge in [-0.05, 0) is 63.8 Å². The number of carbonyl (C=O) groups is 2. The van der Waals surface area contributed by atoms with Crippen LogP contribution in [0.3, 0.4) is 0 Å². The Morgan fingerprint density at radius 2 is 1.61 bits per heavy atom. The molecule has 1 atom stereocenters. The average molecular weight is 517 g/mol. The molecule has 2 rings (SSSR count). The maximum atomic E-state index is 13.9. The van der Waals surface area contributed by atoms with Crippen LogP contribution >= 0.6 is 0 Å². The molecule has 0 aromatic heterocycles. The van der Waals surface area contributed by atoms with Crippen LogP contribution in [0.2, 0.25) is 0 Å². The van der Waals surface area contributed by atoms with Gasteiger partial charge in [0, 0.05) is 26.7 Å². The monoisotopic (exact) mass is 516 g/mol. The highest BCUT2D eigenvalue weighted by atomic mass is 32.2. The zero-order valence-corrected chi connectivity index (χ0v) is 23.5. The number of anilines is 1. The SMILES string of the molecule is CCC(C(=O)NC(C)C)N(Cc1cccc(C)c1)C(=O)CN(c1cc(C)ccc1C)S(=O)(=O)N(C)C. The summed E-state index contributed by atoms with van der Waals surface area (Å²) in [6.07, 6.45) is 0.389. The van der Waals surface area contributed by atoms with E-state index in [1.807, 2.05) is 77.9 Å². The Labute approximate surface area is 216 Å². The van der Waals surface area contributed by atoms with E-state index in [9.17, 15) is 18.0 Å². The second kappa shape index (κ2) is 12.4. The number of carbonyl (C=O) groups excluding carboxylic acids is 2. The van der Waals surface area contributed by atoms with Crippen molar-refractivity contribution >= 4 is 27.7 Å². The molecule has 0 saturated heterocycles. The fourth-order valence-electron chi connectivity index (χ4n) is 4.00. The van der Waals surface area contributed by atoms with Gasteiger partial charge in [0.05, 0.1) is 5.69 Å². The third-order valence-corrected chi connectivity index (χ3v) is 7.71. The lowest BCUT2D eigenvalue weighted by Gasteiger charge is -2.34. The first-order valence-corrected chi connectivity index (χ1v) is 13.6. The summed E-state index contributed by atoms with van der Waals surface area (Å²) in [5.74, 6) is -0.712. The summed E-state index contributed by atoms with van der Waals surface area (Å²) >= 11 is 0. The molecule has 2 aromatic carbocycles. The van der Waals surface area contributed by atoms with Crippen LogP contribution in [-0.4, -0.2) is 62.2 Å². The van der Waals surface area contributed by atoms with Crippen molar-refractivity contribution in [3.05, 3.63) is 64.7 Å². The molecule has 0 aliphatic rings. The molecule has 0 aliphatic heterocycles. The van der Waals surface area contributed by atoms with Crippen LogP contribution in [0.5, 0.6) is 0 Å². The van der Waals surface area contributed by atoms with Gasteiger partial charge in [0.2, 0.25) is 11.8 Å². The molecule has 9 heteroatoms. The molecule has 8 nitrogen and oxygen atoms in total. The molecular weight excluding hydrogens is 476 g/mol. The van der Waals surface area contributed by atoms with Gasteiger partial charge in [0.25, 0.3) is 0 Å². The van der Waals surface area contributed by atoms with Gasteiger partial charge in [-0.25, -0.2) is 4.31 Å². The third-order valence-electron chi connectivity index (χ3n) is 5.90. The number of aryl methyl sites for hydroxylation is 3. The Balaban J connectivity index is 2.56. The van der Waals surface area contributed by atoms with Crippen LogP contribution in [0, 0.1) is 20.8 Å². The van der Waals surface area contributed by atoms with Gasteiger partial charge in [-0.3, -0.25) is 9.59 Å². The number of rotatable bonds is 11. The molecule has 0 fully saturated rings. The topological polar surface area (TPSA) is 90.0 Å². The predicted molar refractivity (Wildman–Crippen MR) is 145 cm³/mol. The van der Waals surface area contributed by atoms with Crippen LogP contribution in [0.1, 0.15) is 49.4 Å². The van der Waals surface area contributed by atoms with E-state index in [1.54, 1.807) is 6.07 Å². The Hall–Kier alpha value is -2.91. The lowest BCUT2D eigenvalue weighted by atomic mass is 10.1. The van der Waals surface area contributed by atoms with E-state index in [1.165, 1.54) is 19.0 Å². The zero-order chi connectivity index (χ0) is 27.2. The highest BCUT2D eigenvalue weighted by Crippen LogP contribution is 2.26. The minimum atomic E-state index is -3.99. The van der Waals surface area contributed by atoms with Crippen molar-refractivity contribution in [3.8, 4) is 0 Å². The molecule has 2 amide bonds. The number of hydrogen-bond donors (Lipinski definition) is 1. The van der Waals surface area contributed by atoms with Gasteiger partial charge in [0.1, 0.15) is 12.6 Å². The van der Waals surface area contributed by atoms with Crippen molar-refractivity contribution in [1.82, 2.24) is 14.5 Å². The van der Waals surface area contributed by atoms with Gasteiger partial charge in [-0.15, -0.1) is 0 Å². The molecule has 1 N–H and O–H groups in total. The number of nitrogens with one attached hydrogen (secondary N) is 1. The highest BCUT2D eigenvalue weighted by molar-refractivity contribution is 7.90. The number of hydrogen-bond acceptors (Lipinski definition) is 4. The summed E-state index contributed by atoms with van der Waals surface area (Å²) in [6.45, 7) is 11.0. The number of benzene rings is 2. The molecule has 0 spiro atoms. The van der Waals surface area contributed by atoms with E-state index in [4.69, 9.17) is 0 Å².